The third-order valence-corrected chi connectivity index (χ3v) is 5.06. The predicted molar refractivity (Wildman–Crippen MR) is 120 cm³/mol. The van der Waals surface area contributed by atoms with Crippen LogP contribution in [-0.2, 0) is 11.3 Å². The van der Waals surface area contributed by atoms with Crippen LogP contribution in [0.15, 0.2) is 82.4 Å². The van der Waals surface area contributed by atoms with Crippen LogP contribution < -0.4 is 21.3 Å². The zero-order valence-electron chi connectivity index (χ0n) is 16.5. The van der Waals surface area contributed by atoms with Gasteiger partial charge in [-0.3, -0.25) is 14.2 Å². The van der Waals surface area contributed by atoms with E-state index in [0.717, 1.165) is 4.57 Å². The number of hydrogen-bond donors (Lipinski definition) is 1. The number of amides is 1. The normalized spacial score (nSPS) is 10.8. The lowest BCUT2D eigenvalue weighted by Gasteiger charge is -2.14. The molecule has 4 aromatic rings. The average Bonchev–Trinajstić information content (AvgIpc) is 2.78. The van der Waals surface area contributed by atoms with Gasteiger partial charge in [0.05, 0.1) is 23.7 Å². The molecule has 156 valence electrons. The van der Waals surface area contributed by atoms with Crippen molar-refractivity contribution in [3.8, 4) is 11.4 Å². The first-order valence-corrected chi connectivity index (χ1v) is 9.80. The maximum Gasteiger partial charge on any atom is 0.336 e. The molecular weight excluding hydrogens is 418 g/mol. The molecule has 0 fully saturated rings. The molecule has 0 saturated heterocycles. The summed E-state index contributed by atoms with van der Waals surface area (Å²) >= 11 is 5.94. The van der Waals surface area contributed by atoms with Crippen molar-refractivity contribution in [1.29, 1.82) is 0 Å². The highest BCUT2D eigenvalue weighted by Crippen LogP contribution is 2.16. The molecule has 0 radical (unpaired) electrons. The Morgan fingerprint density at radius 1 is 0.968 bits per heavy atom. The van der Waals surface area contributed by atoms with Crippen molar-refractivity contribution in [2.24, 2.45) is 0 Å². The van der Waals surface area contributed by atoms with E-state index in [1.807, 2.05) is 0 Å². The van der Waals surface area contributed by atoms with Crippen molar-refractivity contribution < 1.29 is 9.53 Å². The SMILES string of the molecule is COc1ccc(NC(=O)Cn2c(=O)n(-c3ccc(Cl)cc3)c(=O)c3ccccc32)cc1. The van der Waals surface area contributed by atoms with Crippen molar-refractivity contribution in [3.63, 3.8) is 0 Å². The molecule has 0 aliphatic heterocycles. The number of methoxy groups -OCH3 is 1. The molecule has 1 amide bonds. The minimum atomic E-state index is -0.615. The summed E-state index contributed by atoms with van der Waals surface area (Å²) in [5.74, 6) is 0.258. The Hall–Kier alpha value is -3.84. The van der Waals surface area contributed by atoms with E-state index < -0.39 is 17.2 Å². The fourth-order valence-corrected chi connectivity index (χ4v) is 3.44. The quantitative estimate of drug-likeness (QED) is 0.520. The van der Waals surface area contributed by atoms with Crippen molar-refractivity contribution in [1.82, 2.24) is 9.13 Å². The second-order valence-corrected chi connectivity index (χ2v) is 7.22. The molecule has 8 heteroatoms. The van der Waals surface area contributed by atoms with Crippen LogP contribution in [0, 0.1) is 0 Å². The smallest absolute Gasteiger partial charge is 0.336 e. The van der Waals surface area contributed by atoms with Crippen LogP contribution >= 0.6 is 11.6 Å². The molecule has 0 aliphatic carbocycles. The van der Waals surface area contributed by atoms with Crippen molar-refractivity contribution >= 4 is 34.1 Å². The van der Waals surface area contributed by atoms with Gasteiger partial charge in [-0.05, 0) is 60.7 Å². The van der Waals surface area contributed by atoms with Gasteiger partial charge in [-0.2, -0.15) is 0 Å². The molecule has 0 bridgehead atoms. The Morgan fingerprint density at radius 3 is 2.32 bits per heavy atom. The number of fused-ring (bicyclic) bond motifs is 1. The molecule has 1 heterocycles. The van der Waals surface area contributed by atoms with Gasteiger partial charge in [-0.15, -0.1) is 0 Å². The lowest BCUT2D eigenvalue weighted by molar-refractivity contribution is -0.116. The molecule has 1 N–H and O–H groups in total. The van der Waals surface area contributed by atoms with Crippen molar-refractivity contribution in [2.75, 3.05) is 12.4 Å². The van der Waals surface area contributed by atoms with Crippen molar-refractivity contribution in [3.05, 3.63) is 98.7 Å². The first-order valence-electron chi connectivity index (χ1n) is 9.42. The summed E-state index contributed by atoms with van der Waals surface area (Å²) in [6.07, 6.45) is 0. The Balaban J connectivity index is 1.77. The number of carbonyl (C=O) groups excluding carboxylic acids is 1. The van der Waals surface area contributed by atoms with E-state index in [1.54, 1.807) is 79.9 Å². The summed E-state index contributed by atoms with van der Waals surface area (Å²) in [6.45, 7) is -0.265. The van der Waals surface area contributed by atoms with Gasteiger partial charge < -0.3 is 10.1 Å². The Kier molecular flexibility index (Phi) is 5.60. The zero-order valence-corrected chi connectivity index (χ0v) is 17.3. The highest BCUT2D eigenvalue weighted by molar-refractivity contribution is 6.30. The number of carbonyl (C=O) groups is 1. The lowest BCUT2D eigenvalue weighted by atomic mass is 10.2. The minimum absolute atomic E-state index is 0.265. The van der Waals surface area contributed by atoms with Gasteiger partial charge in [0, 0.05) is 10.7 Å². The van der Waals surface area contributed by atoms with Gasteiger partial charge in [0.15, 0.2) is 0 Å². The van der Waals surface area contributed by atoms with E-state index in [0.29, 0.717) is 33.0 Å². The Labute approximate surface area is 182 Å². The number of halogens is 1. The highest BCUT2D eigenvalue weighted by Gasteiger charge is 2.16. The Morgan fingerprint density at radius 2 is 1.65 bits per heavy atom. The van der Waals surface area contributed by atoms with Gasteiger partial charge in [-0.1, -0.05) is 23.7 Å². The maximum atomic E-state index is 13.3. The number of benzene rings is 3. The largest absolute Gasteiger partial charge is 0.497 e. The molecule has 7 nitrogen and oxygen atoms in total. The minimum Gasteiger partial charge on any atom is -0.497 e. The van der Waals surface area contributed by atoms with Gasteiger partial charge in [0.25, 0.3) is 5.56 Å². The molecule has 0 spiro atoms. The summed E-state index contributed by atoms with van der Waals surface area (Å²) in [7, 11) is 1.56. The maximum absolute atomic E-state index is 13.3. The summed E-state index contributed by atoms with van der Waals surface area (Å²) in [5.41, 5.74) is 0.238. The van der Waals surface area contributed by atoms with E-state index in [-0.39, 0.29) is 6.54 Å². The molecule has 31 heavy (non-hydrogen) atoms. The summed E-state index contributed by atoms with van der Waals surface area (Å²) < 4.78 is 7.43. The second-order valence-electron chi connectivity index (χ2n) is 6.78. The number of nitrogens with zero attached hydrogens (tertiary/aromatic N) is 2. The molecular formula is C23H18ClN3O4. The fraction of sp³-hybridized carbons (Fsp3) is 0.0870. The standard InChI is InChI=1S/C23H18ClN3O4/c1-31-18-12-8-16(9-13-18)25-21(28)14-26-20-5-3-2-4-19(20)22(29)27(23(26)30)17-10-6-15(24)7-11-17/h2-13H,14H2,1H3,(H,25,28). The number of para-hydroxylation sites is 1. The zero-order chi connectivity index (χ0) is 22.0. The van der Waals surface area contributed by atoms with E-state index in [2.05, 4.69) is 5.32 Å². The topological polar surface area (TPSA) is 82.3 Å². The van der Waals surface area contributed by atoms with Crippen LogP contribution in [0.1, 0.15) is 0 Å². The van der Waals surface area contributed by atoms with E-state index in [1.165, 1.54) is 4.57 Å². The first-order chi connectivity index (χ1) is 15.0. The van der Waals surface area contributed by atoms with E-state index >= 15 is 0 Å². The highest BCUT2D eigenvalue weighted by atomic mass is 35.5. The number of aromatic nitrogens is 2. The van der Waals surface area contributed by atoms with E-state index in [4.69, 9.17) is 16.3 Å². The van der Waals surface area contributed by atoms with Crippen molar-refractivity contribution in [2.45, 2.75) is 6.54 Å². The number of rotatable bonds is 5. The molecule has 0 atom stereocenters. The third-order valence-electron chi connectivity index (χ3n) is 4.81. The van der Waals surface area contributed by atoms with Gasteiger partial charge >= 0.3 is 5.69 Å². The molecule has 4 rings (SSSR count). The Bertz CT molecular complexity index is 1370. The monoisotopic (exact) mass is 435 g/mol. The van der Waals surface area contributed by atoms with Gasteiger partial charge in [-0.25, -0.2) is 9.36 Å². The summed E-state index contributed by atoms with van der Waals surface area (Å²) in [4.78, 5) is 39.0. The molecule has 0 unspecified atom stereocenters. The lowest BCUT2D eigenvalue weighted by Crippen LogP contribution is -2.40. The number of ether oxygens (including phenoxy) is 1. The van der Waals surface area contributed by atoms with Crippen LogP contribution in [-0.4, -0.2) is 22.2 Å². The first kappa shape index (κ1) is 20.4. The van der Waals surface area contributed by atoms with Crippen LogP contribution in [0.25, 0.3) is 16.6 Å². The fourth-order valence-electron chi connectivity index (χ4n) is 3.31. The summed E-state index contributed by atoms with van der Waals surface area (Å²) in [6, 6.07) is 19.9. The third kappa shape index (κ3) is 4.08. The van der Waals surface area contributed by atoms with E-state index in [9.17, 15) is 14.4 Å². The van der Waals surface area contributed by atoms with Gasteiger partial charge in [0.2, 0.25) is 5.91 Å². The summed E-state index contributed by atoms with van der Waals surface area (Å²) in [5, 5.41) is 3.57. The number of anilines is 1. The van der Waals surface area contributed by atoms with Crippen LogP contribution in [0.3, 0.4) is 0 Å². The average molecular weight is 436 g/mol. The molecule has 1 aromatic heterocycles. The second kappa shape index (κ2) is 8.49. The number of nitrogens with one attached hydrogen (secondary N) is 1. The molecule has 0 saturated carbocycles. The van der Waals surface area contributed by atoms with Crippen LogP contribution in [0.4, 0.5) is 5.69 Å². The predicted octanol–water partition coefficient (Wildman–Crippen LogP) is 3.45. The number of hydrogen-bond acceptors (Lipinski definition) is 4. The molecule has 0 aliphatic rings. The van der Waals surface area contributed by atoms with Crippen LogP contribution in [0.2, 0.25) is 5.02 Å². The van der Waals surface area contributed by atoms with Gasteiger partial charge in [0.1, 0.15) is 12.3 Å². The van der Waals surface area contributed by atoms with Crippen LogP contribution in [0.5, 0.6) is 5.75 Å². The molecule has 3 aromatic carbocycles.